The summed E-state index contributed by atoms with van der Waals surface area (Å²) in [5, 5.41) is 6.14. The van der Waals surface area contributed by atoms with Gasteiger partial charge in [-0.05, 0) is 43.0 Å². The molecule has 0 saturated carbocycles. The van der Waals surface area contributed by atoms with Crippen molar-refractivity contribution in [3.8, 4) is 0 Å². The second kappa shape index (κ2) is 8.73. The van der Waals surface area contributed by atoms with Crippen molar-refractivity contribution in [1.82, 2.24) is 15.3 Å². The zero-order chi connectivity index (χ0) is 20.1. The SMILES string of the molecule is Cc1ccccc1N1CCC(CNC(=O)c2cnc(Nc3ccccc3)nc2)C1. The van der Waals surface area contributed by atoms with E-state index in [0.29, 0.717) is 24.0 Å². The summed E-state index contributed by atoms with van der Waals surface area (Å²) in [4.78, 5) is 23.3. The first kappa shape index (κ1) is 18.9. The van der Waals surface area contributed by atoms with E-state index in [2.05, 4.69) is 56.7 Å². The number of carbonyl (C=O) groups is 1. The monoisotopic (exact) mass is 387 g/mol. The molecule has 1 aliphatic rings. The number of carbonyl (C=O) groups excluding carboxylic acids is 1. The molecule has 0 aliphatic carbocycles. The highest BCUT2D eigenvalue weighted by Gasteiger charge is 2.24. The topological polar surface area (TPSA) is 70.2 Å². The van der Waals surface area contributed by atoms with Gasteiger partial charge in [0.2, 0.25) is 5.95 Å². The van der Waals surface area contributed by atoms with Crippen LogP contribution in [-0.4, -0.2) is 35.5 Å². The van der Waals surface area contributed by atoms with Crippen LogP contribution in [0.4, 0.5) is 17.3 Å². The zero-order valence-corrected chi connectivity index (χ0v) is 16.5. The number of nitrogens with one attached hydrogen (secondary N) is 2. The molecule has 1 amide bonds. The van der Waals surface area contributed by atoms with E-state index in [1.807, 2.05) is 30.3 Å². The molecule has 1 saturated heterocycles. The molecule has 1 aliphatic heterocycles. The summed E-state index contributed by atoms with van der Waals surface area (Å²) in [5.74, 6) is 0.779. The first-order chi connectivity index (χ1) is 14.2. The Bertz CT molecular complexity index is 959. The van der Waals surface area contributed by atoms with E-state index in [-0.39, 0.29) is 5.91 Å². The highest BCUT2D eigenvalue weighted by molar-refractivity contribution is 5.93. The average Bonchev–Trinajstić information content (AvgIpc) is 3.22. The molecule has 0 spiro atoms. The van der Waals surface area contributed by atoms with Gasteiger partial charge in [-0.3, -0.25) is 4.79 Å². The van der Waals surface area contributed by atoms with Gasteiger partial charge in [-0.25, -0.2) is 9.97 Å². The molecule has 0 bridgehead atoms. The van der Waals surface area contributed by atoms with Gasteiger partial charge in [0.25, 0.3) is 5.91 Å². The number of hydrogen-bond acceptors (Lipinski definition) is 5. The van der Waals surface area contributed by atoms with Crippen LogP contribution in [-0.2, 0) is 0 Å². The summed E-state index contributed by atoms with van der Waals surface area (Å²) in [7, 11) is 0. The molecule has 2 aromatic carbocycles. The maximum Gasteiger partial charge on any atom is 0.254 e. The van der Waals surface area contributed by atoms with E-state index in [0.717, 1.165) is 25.2 Å². The lowest BCUT2D eigenvalue weighted by molar-refractivity contribution is 0.0947. The predicted molar refractivity (Wildman–Crippen MR) is 116 cm³/mol. The van der Waals surface area contributed by atoms with Gasteiger partial charge >= 0.3 is 0 Å². The summed E-state index contributed by atoms with van der Waals surface area (Å²) in [6.45, 7) is 4.78. The van der Waals surface area contributed by atoms with Crippen molar-refractivity contribution in [2.75, 3.05) is 29.9 Å². The second-order valence-corrected chi connectivity index (χ2v) is 7.38. The lowest BCUT2D eigenvalue weighted by atomic mass is 10.1. The minimum absolute atomic E-state index is 0.134. The zero-order valence-electron chi connectivity index (χ0n) is 16.5. The Hall–Kier alpha value is -3.41. The normalized spacial score (nSPS) is 15.9. The van der Waals surface area contributed by atoms with E-state index >= 15 is 0 Å². The minimum Gasteiger partial charge on any atom is -0.371 e. The number of aromatic nitrogens is 2. The van der Waals surface area contributed by atoms with Crippen LogP contribution in [0.15, 0.2) is 67.0 Å². The van der Waals surface area contributed by atoms with Gasteiger partial charge in [0, 0.05) is 43.4 Å². The fourth-order valence-electron chi connectivity index (χ4n) is 3.64. The number of para-hydroxylation sites is 2. The van der Waals surface area contributed by atoms with E-state index in [4.69, 9.17) is 0 Å². The maximum atomic E-state index is 12.5. The first-order valence-electron chi connectivity index (χ1n) is 9.92. The van der Waals surface area contributed by atoms with Gasteiger partial charge in [0.15, 0.2) is 0 Å². The number of anilines is 3. The molecule has 1 fully saturated rings. The molecule has 3 aromatic rings. The lowest BCUT2D eigenvalue weighted by Crippen LogP contribution is -2.31. The molecule has 2 heterocycles. The maximum absolute atomic E-state index is 12.5. The van der Waals surface area contributed by atoms with Crippen LogP contribution >= 0.6 is 0 Å². The minimum atomic E-state index is -0.134. The lowest BCUT2D eigenvalue weighted by Gasteiger charge is -2.21. The molecule has 29 heavy (non-hydrogen) atoms. The van der Waals surface area contributed by atoms with Gasteiger partial charge in [-0.15, -0.1) is 0 Å². The van der Waals surface area contributed by atoms with Crippen molar-refractivity contribution in [1.29, 1.82) is 0 Å². The van der Waals surface area contributed by atoms with E-state index in [1.54, 1.807) is 12.4 Å². The molecule has 0 radical (unpaired) electrons. The standard InChI is InChI=1S/C23H25N5O/c1-17-7-5-6-10-21(17)28-12-11-18(16-28)13-24-22(29)19-14-25-23(26-15-19)27-20-8-3-2-4-9-20/h2-10,14-15,18H,11-13,16H2,1H3,(H,24,29)(H,25,26,27). The average molecular weight is 387 g/mol. The second-order valence-electron chi connectivity index (χ2n) is 7.38. The number of amides is 1. The molecule has 4 rings (SSSR count). The van der Waals surface area contributed by atoms with Crippen LogP contribution in [0.1, 0.15) is 22.3 Å². The molecule has 148 valence electrons. The van der Waals surface area contributed by atoms with Crippen LogP contribution in [0.2, 0.25) is 0 Å². The largest absolute Gasteiger partial charge is 0.371 e. The van der Waals surface area contributed by atoms with Crippen molar-refractivity contribution in [3.63, 3.8) is 0 Å². The van der Waals surface area contributed by atoms with Gasteiger partial charge in [0.1, 0.15) is 0 Å². The van der Waals surface area contributed by atoms with Gasteiger partial charge in [0.05, 0.1) is 5.56 Å². The van der Waals surface area contributed by atoms with Crippen LogP contribution < -0.4 is 15.5 Å². The Kier molecular flexibility index (Phi) is 5.70. The van der Waals surface area contributed by atoms with Crippen LogP contribution in [0.3, 0.4) is 0 Å². The summed E-state index contributed by atoms with van der Waals surface area (Å²) in [6, 6.07) is 18.1. The van der Waals surface area contributed by atoms with Crippen molar-refractivity contribution in [2.24, 2.45) is 5.92 Å². The quantitative estimate of drug-likeness (QED) is 0.674. The van der Waals surface area contributed by atoms with Crippen molar-refractivity contribution in [2.45, 2.75) is 13.3 Å². The van der Waals surface area contributed by atoms with Gasteiger partial charge in [-0.2, -0.15) is 0 Å². The highest BCUT2D eigenvalue weighted by Crippen LogP contribution is 2.26. The molecule has 6 nitrogen and oxygen atoms in total. The van der Waals surface area contributed by atoms with E-state index < -0.39 is 0 Å². The van der Waals surface area contributed by atoms with Crippen LogP contribution in [0.25, 0.3) is 0 Å². The number of rotatable bonds is 6. The smallest absolute Gasteiger partial charge is 0.254 e. The third-order valence-corrected chi connectivity index (χ3v) is 5.24. The van der Waals surface area contributed by atoms with Gasteiger partial charge < -0.3 is 15.5 Å². The fraction of sp³-hybridized carbons (Fsp3) is 0.261. The molecule has 1 atom stereocenters. The van der Waals surface area contributed by atoms with Crippen molar-refractivity contribution in [3.05, 3.63) is 78.1 Å². The number of hydrogen-bond donors (Lipinski definition) is 2. The van der Waals surface area contributed by atoms with Crippen LogP contribution in [0, 0.1) is 12.8 Å². The summed E-state index contributed by atoms with van der Waals surface area (Å²) in [5.41, 5.74) is 3.95. The highest BCUT2D eigenvalue weighted by atomic mass is 16.1. The Labute approximate surface area is 171 Å². The summed E-state index contributed by atoms with van der Waals surface area (Å²) in [6.07, 6.45) is 4.19. The molecule has 1 aromatic heterocycles. The molecule has 6 heteroatoms. The number of benzene rings is 2. The molecular formula is C23H25N5O. The summed E-state index contributed by atoms with van der Waals surface area (Å²) < 4.78 is 0. The number of aryl methyl sites for hydroxylation is 1. The van der Waals surface area contributed by atoms with E-state index in [9.17, 15) is 4.79 Å². The Morgan fingerprint density at radius 1 is 1.07 bits per heavy atom. The predicted octanol–water partition coefficient (Wildman–Crippen LogP) is 3.78. The fourth-order valence-corrected chi connectivity index (χ4v) is 3.64. The number of nitrogens with zero attached hydrogens (tertiary/aromatic N) is 3. The first-order valence-corrected chi connectivity index (χ1v) is 9.92. The Morgan fingerprint density at radius 3 is 2.55 bits per heavy atom. The Balaban J connectivity index is 1.28. The third kappa shape index (κ3) is 4.71. The molecule has 1 unspecified atom stereocenters. The Morgan fingerprint density at radius 2 is 1.79 bits per heavy atom. The molecular weight excluding hydrogens is 362 g/mol. The third-order valence-electron chi connectivity index (χ3n) is 5.24. The van der Waals surface area contributed by atoms with E-state index in [1.165, 1.54) is 11.3 Å². The van der Waals surface area contributed by atoms with Crippen molar-refractivity contribution >= 4 is 23.2 Å². The summed E-state index contributed by atoms with van der Waals surface area (Å²) >= 11 is 0. The van der Waals surface area contributed by atoms with Crippen molar-refractivity contribution < 1.29 is 4.79 Å². The molecule has 2 N–H and O–H groups in total. The van der Waals surface area contributed by atoms with Crippen LogP contribution in [0.5, 0.6) is 0 Å². The van der Waals surface area contributed by atoms with Gasteiger partial charge in [-0.1, -0.05) is 36.4 Å².